The molecule has 0 saturated carbocycles. The zero-order chi connectivity index (χ0) is 18.2. The van der Waals surface area contributed by atoms with Gasteiger partial charge in [-0.05, 0) is 50.5 Å². The van der Waals surface area contributed by atoms with Crippen LogP contribution in [0.25, 0.3) is 0 Å². The van der Waals surface area contributed by atoms with Crippen molar-refractivity contribution in [3.63, 3.8) is 0 Å². The molecular weight excluding hydrogens is 316 g/mol. The summed E-state index contributed by atoms with van der Waals surface area (Å²) in [5.41, 5.74) is 1.03. The van der Waals surface area contributed by atoms with Gasteiger partial charge in [-0.1, -0.05) is 13.8 Å². The SMILES string of the molecule is CCOc1ccc(NC(=O)c2cc(NCCC(C)C)nc(C)n2)cc1. The van der Waals surface area contributed by atoms with Gasteiger partial charge in [0.25, 0.3) is 5.91 Å². The third-order valence-electron chi connectivity index (χ3n) is 3.52. The van der Waals surface area contributed by atoms with Crippen LogP contribution in [0, 0.1) is 12.8 Å². The molecule has 0 unspecified atom stereocenters. The summed E-state index contributed by atoms with van der Waals surface area (Å²) in [6.45, 7) is 9.47. The summed E-state index contributed by atoms with van der Waals surface area (Å²) >= 11 is 0. The topological polar surface area (TPSA) is 76.1 Å². The van der Waals surface area contributed by atoms with Crippen LogP contribution in [-0.2, 0) is 0 Å². The highest BCUT2D eigenvalue weighted by Crippen LogP contribution is 2.17. The van der Waals surface area contributed by atoms with Crippen LogP contribution >= 0.6 is 0 Å². The van der Waals surface area contributed by atoms with E-state index < -0.39 is 0 Å². The van der Waals surface area contributed by atoms with E-state index in [1.807, 2.05) is 19.1 Å². The van der Waals surface area contributed by atoms with Gasteiger partial charge in [0.1, 0.15) is 23.1 Å². The number of ether oxygens (including phenoxy) is 1. The maximum atomic E-state index is 12.5. The summed E-state index contributed by atoms with van der Waals surface area (Å²) in [5.74, 6) is 2.35. The van der Waals surface area contributed by atoms with E-state index in [1.54, 1.807) is 25.1 Å². The first-order valence-electron chi connectivity index (χ1n) is 8.61. The number of benzene rings is 1. The Hall–Kier alpha value is -2.63. The molecule has 0 aliphatic rings. The lowest BCUT2D eigenvalue weighted by Gasteiger charge is -2.10. The Labute approximate surface area is 149 Å². The number of hydrogen-bond donors (Lipinski definition) is 2. The van der Waals surface area contributed by atoms with Gasteiger partial charge in [-0.3, -0.25) is 4.79 Å². The van der Waals surface area contributed by atoms with Crippen molar-refractivity contribution in [2.45, 2.75) is 34.1 Å². The summed E-state index contributed by atoms with van der Waals surface area (Å²) in [6.07, 6.45) is 1.04. The Balaban J connectivity index is 2.03. The molecule has 0 atom stereocenters. The number of aryl methyl sites for hydroxylation is 1. The quantitative estimate of drug-likeness (QED) is 0.761. The van der Waals surface area contributed by atoms with Gasteiger partial charge in [-0.25, -0.2) is 9.97 Å². The van der Waals surface area contributed by atoms with Gasteiger partial charge in [-0.2, -0.15) is 0 Å². The summed E-state index contributed by atoms with van der Waals surface area (Å²) in [4.78, 5) is 21.0. The predicted molar refractivity (Wildman–Crippen MR) is 100 cm³/mol. The summed E-state index contributed by atoms with van der Waals surface area (Å²) in [7, 11) is 0. The minimum atomic E-state index is -0.262. The van der Waals surface area contributed by atoms with Crippen LogP contribution in [0.15, 0.2) is 30.3 Å². The maximum Gasteiger partial charge on any atom is 0.274 e. The van der Waals surface area contributed by atoms with Crippen molar-refractivity contribution in [3.8, 4) is 5.75 Å². The van der Waals surface area contributed by atoms with E-state index in [9.17, 15) is 4.79 Å². The normalized spacial score (nSPS) is 10.6. The van der Waals surface area contributed by atoms with Crippen molar-refractivity contribution in [1.29, 1.82) is 0 Å². The van der Waals surface area contributed by atoms with Crippen molar-refractivity contribution in [3.05, 3.63) is 41.9 Å². The van der Waals surface area contributed by atoms with E-state index in [-0.39, 0.29) is 5.91 Å². The van der Waals surface area contributed by atoms with E-state index in [4.69, 9.17) is 4.74 Å². The Morgan fingerprint density at radius 3 is 2.56 bits per heavy atom. The standard InChI is InChI=1S/C19H26N4O2/c1-5-25-16-8-6-15(7-9-16)23-19(24)17-12-18(22-14(4)21-17)20-11-10-13(2)3/h6-9,12-13H,5,10-11H2,1-4H3,(H,23,24)(H,20,21,22). The van der Waals surface area contributed by atoms with Crippen molar-refractivity contribution < 1.29 is 9.53 Å². The second kappa shape index (κ2) is 9.01. The van der Waals surface area contributed by atoms with E-state index in [1.165, 1.54) is 0 Å². The highest BCUT2D eigenvalue weighted by atomic mass is 16.5. The molecule has 0 fully saturated rings. The molecule has 0 bridgehead atoms. The Morgan fingerprint density at radius 1 is 1.20 bits per heavy atom. The number of amides is 1. The third-order valence-corrected chi connectivity index (χ3v) is 3.52. The molecule has 0 radical (unpaired) electrons. The molecule has 1 amide bonds. The predicted octanol–water partition coefficient (Wildman–Crippen LogP) is 3.89. The highest BCUT2D eigenvalue weighted by molar-refractivity contribution is 6.03. The van der Waals surface area contributed by atoms with Crippen LogP contribution in [0.1, 0.15) is 43.5 Å². The number of carbonyl (C=O) groups is 1. The molecule has 1 aromatic carbocycles. The summed E-state index contributed by atoms with van der Waals surface area (Å²) in [6, 6.07) is 8.93. The lowest BCUT2D eigenvalue weighted by atomic mass is 10.1. The smallest absolute Gasteiger partial charge is 0.274 e. The fraction of sp³-hybridized carbons (Fsp3) is 0.421. The van der Waals surface area contributed by atoms with Gasteiger partial charge >= 0.3 is 0 Å². The first-order chi connectivity index (χ1) is 12.0. The Kier molecular flexibility index (Phi) is 6.74. The first kappa shape index (κ1) is 18.7. The van der Waals surface area contributed by atoms with Crippen LogP contribution in [0.2, 0.25) is 0 Å². The minimum Gasteiger partial charge on any atom is -0.494 e. The molecule has 25 heavy (non-hydrogen) atoms. The van der Waals surface area contributed by atoms with E-state index >= 15 is 0 Å². The fourth-order valence-electron chi connectivity index (χ4n) is 2.26. The zero-order valence-corrected chi connectivity index (χ0v) is 15.3. The molecule has 0 aliphatic heterocycles. The molecule has 0 aliphatic carbocycles. The second-order valence-electron chi connectivity index (χ2n) is 6.21. The molecule has 2 aromatic rings. The maximum absolute atomic E-state index is 12.5. The molecule has 1 aromatic heterocycles. The number of hydrogen-bond acceptors (Lipinski definition) is 5. The highest BCUT2D eigenvalue weighted by Gasteiger charge is 2.11. The molecule has 134 valence electrons. The monoisotopic (exact) mass is 342 g/mol. The van der Waals surface area contributed by atoms with Gasteiger partial charge < -0.3 is 15.4 Å². The van der Waals surface area contributed by atoms with Gasteiger partial charge in [0.2, 0.25) is 0 Å². The van der Waals surface area contributed by atoms with Crippen LogP contribution < -0.4 is 15.4 Å². The first-order valence-corrected chi connectivity index (χ1v) is 8.61. The van der Waals surface area contributed by atoms with Gasteiger partial charge in [-0.15, -0.1) is 0 Å². The van der Waals surface area contributed by atoms with E-state index in [0.717, 1.165) is 18.7 Å². The average molecular weight is 342 g/mol. The lowest BCUT2D eigenvalue weighted by Crippen LogP contribution is -2.16. The van der Waals surface area contributed by atoms with Crippen LogP contribution in [-0.4, -0.2) is 29.0 Å². The van der Waals surface area contributed by atoms with Crippen LogP contribution in [0.4, 0.5) is 11.5 Å². The molecule has 0 saturated heterocycles. The van der Waals surface area contributed by atoms with E-state index in [2.05, 4.69) is 34.4 Å². The van der Waals surface area contributed by atoms with Crippen LogP contribution in [0.5, 0.6) is 5.75 Å². The molecule has 1 heterocycles. The second-order valence-corrected chi connectivity index (χ2v) is 6.21. The van der Waals surface area contributed by atoms with Crippen LogP contribution in [0.3, 0.4) is 0 Å². The van der Waals surface area contributed by atoms with Gasteiger partial charge in [0.15, 0.2) is 0 Å². The summed E-state index contributed by atoms with van der Waals surface area (Å²) < 4.78 is 5.39. The van der Waals surface area contributed by atoms with E-state index in [0.29, 0.717) is 35.5 Å². The number of anilines is 2. The van der Waals surface area contributed by atoms with Gasteiger partial charge in [0.05, 0.1) is 6.61 Å². The molecule has 2 rings (SSSR count). The average Bonchev–Trinajstić information content (AvgIpc) is 2.56. The Morgan fingerprint density at radius 2 is 1.92 bits per heavy atom. The van der Waals surface area contributed by atoms with Crippen molar-refractivity contribution in [2.75, 3.05) is 23.8 Å². The van der Waals surface area contributed by atoms with Crippen molar-refractivity contribution in [2.24, 2.45) is 5.92 Å². The lowest BCUT2D eigenvalue weighted by molar-refractivity contribution is 0.102. The number of aromatic nitrogens is 2. The molecule has 0 spiro atoms. The summed E-state index contributed by atoms with van der Waals surface area (Å²) in [5, 5.41) is 6.09. The zero-order valence-electron chi connectivity index (χ0n) is 15.3. The molecule has 6 nitrogen and oxygen atoms in total. The number of carbonyl (C=O) groups excluding carboxylic acids is 1. The fourth-order valence-corrected chi connectivity index (χ4v) is 2.26. The molecule has 6 heteroatoms. The molecular formula is C19H26N4O2. The molecule has 2 N–H and O–H groups in total. The Bertz CT molecular complexity index is 699. The third kappa shape index (κ3) is 6.06. The number of rotatable bonds is 8. The van der Waals surface area contributed by atoms with Gasteiger partial charge in [0, 0.05) is 18.3 Å². The number of nitrogens with one attached hydrogen (secondary N) is 2. The van der Waals surface area contributed by atoms with Crippen molar-refractivity contribution in [1.82, 2.24) is 9.97 Å². The largest absolute Gasteiger partial charge is 0.494 e. The number of nitrogens with zero attached hydrogens (tertiary/aromatic N) is 2. The van der Waals surface area contributed by atoms with Crippen molar-refractivity contribution >= 4 is 17.4 Å². The minimum absolute atomic E-state index is 0.262.